The molecule has 6 rings (SSSR count). The second-order valence-corrected chi connectivity index (χ2v) is 15.6. The van der Waals surface area contributed by atoms with Gasteiger partial charge < -0.3 is 4.74 Å². The first kappa shape index (κ1) is 26.8. The first-order chi connectivity index (χ1) is 18.1. The fraction of sp³-hybridized carbons (Fsp3) is 0.758. The molecule has 1 saturated heterocycles. The molecular weight excluding hydrogens is 488 g/mol. The van der Waals surface area contributed by atoms with Gasteiger partial charge in [-0.05, 0) is 79.1 Å². The summed E-state index contributed by atoms with van der Waals surface area (Å²) in [5.41, 5.74) is -0.606. The zero-order chi connectivity index (χ0) is 28.4. The van der Waals surface area contributed by atoms with Crippen molar-refractivity contribution in [3.8, 4) is 6.07 Å². The van der Waals surface area contributed by atoms with Gasteiger partial charge >= 0.3 is 6.09 Å². The van der Waals surface area contributed by atoms with Crippen LogP contribution in [-0.4, -0.2) is 41.3 Å². The van der Waals surface area contributed by atoms with Gasteiger partial charge in [0.1, 0.15) is 12.7 Å². The van der Waals surface area contributed by atoms with Crippen molar-refractivity contribution in [2.45, 2.75) is 99.0 Å². The standard InChI is InChI=1S/C33H44N2O4/c1-28(2)10-12-33(35-14-15-39-27(35)38)13-11-32(7)25(21(33)18-28)22(36)16-24-30(5)17-20(19-34)26(37)29(3,4)23(30)8-9-31(24,32)6/h16-17,21,23,25H,8-15,18H2,1-7H3/t21-,23-,25-,30-,31+,32+,33-/m0/s1. The molecule has 3 saturated carbocycles. The summed E-state index contributed by atoms with van der Waals surface area (Å²) < 4.78 is 5.46. The molecule has 6 aliphatic rings. The first-order valence-electron chi connectivity index (χ1n) is 15.0. The van der Waals surface area contributed by atoms with Crippen LogP contribution in [0.5, 0.6) is 0 Å². The molecule has 0 spiro atoms. The van der Waals surface area contributed by atoms with Gasteiger partial charge in [0.15, 0.2) is 11.6 Å². The van der Waals surface area contributed by atoms with Crippen molar-refractivity contribution in [2.24, 2.45) is 44.8 Å². The third-order valence-electron chi connectivity index (χ3n) is 13.1. The molecule has 7 atom stereocenters. The molecule has 6 heteroatoms. The van der Waals surface area contributed by atoms with E-state index in [0.29, 0.717) is 13.2 Å². The second-order valence-electron chi connectivity index (χ2n) is 15.6. The highest BCUT2D eigenvalue weighted by molar-refractivity contribution is 6.04. The first-order valence-corrected chi connectivity index (χ1v) is 15.0. The molecule has 1 heterocycles. The quantitative estimate of drug-likeness (QED) is 0.389. The lowest BCUT2D eigenvalue weighted by Crippen LogP contribution is -2.69. The number of cyclic esters (lactones) is 1. The van der Waals surface area contributed by atoms with Gasteiger partial charge in [0.2, 0.25) is 0 Å². The molecule has 0 N–H and O–H groups in total. The summed E-state index contributed by atoms with van der Waals surface area (Å²) in [4.78, 5) is 42.8. The van der Waals surface area contributed by atoms with E-state index in [4.69, 9.17) is 4.74 Å². The van der Waals surface area contributed by atoms with Crippen LogP contribution >= 0.6 is 0 Å². The number of Topliss-reactive ketones (excluding diaryl/α,β-unsaturated/α-hetero) is 1. The number of ether oxygens (including phenoxy) is 1. The van der Waals surface area contributed by atoms with Crippen molar-refractivity contribution < 1.29 is 19.1 Å². The van der Waals surface area contributed by atoms with Crippen LogP contribution in [-0.2, 0) is 14.3 Å². The summed E-state index contributed by atoms with van der Waals surface area (Å²) in [6.45, 7) is 16.5. The number of hydrogen-bond donors (Lipinski definition) is 0. The summed E-state index contributed by atoms with van der Waals surface area (Å²) in [5, 5.41) is 9.91. The van der Waals surface area contributed by atoms with E-state index in [0.717, 1.165) is 50.5 Å². The maximum atomic E-state index is 14.6. The SMILES string of the molecule is CC1(C)CC[C@]2(N3CCOC3=O)CC[C@]3(C)[C@H](C(=O)C=C4[C@@]5(C)C=C(C#N)C(=O)C(C)(C)[C@@H]5CC[C@]43C)[C@@H]2C1. The van der Waals surface area contributed by atoms with E-state index in [-0.39, 0.29) is 62.8 Å². The van der Waals surface area contributed by atoms with Gasteiger partial charge in [-0.15, -0.1) is 0 Å². The van der Waals surface area contributed by atoms with Crippen LogP contribution < -0.4 is 0 Å². The summed E-state index contributed by atoms with van der Waals surface area (Å²) >= 11 is 0. The number of nitriles is 1. The van der Waals surface area contributed by atoms with Gasteiger partial charge in [-0.2, -0.15) is 5.26 Å². The van der Waals surface area contributed by atoms with E-state index >= 15 is 0 Å². The highest BCUT2D eigenvalue weighted by atomic mass is 16.6. The third-order valence-corrected chi connectivity index (χ3v) is 13.1. The largest absolute Gasteiger partial charge is 0.448 e. The third kappa shape index (κ3) is 3.17. The van der Waals surface area contributed by atoms with E-state index in [1.165, 1.54) is 0 Å². The summed E-state index contributed by atoms with van der Waals surface area (Å²) in [6, 6.07) is 2.19. The lowest BCUT2D eigenvalue weighted by Gasteiger charge is -2.70. The Balaban J connectivity index is 1.52. The number of ketones is 2. The number of nitrogens with zero attached hydrogens (tertiary/aromatic N) is 2. The zero-order valence-corrected chi connectivity index (χ0v) is 24.8. The Kier molecular flexibility index (Phi) is 5.40. The van der Waals surface area contributed by atoms with Crippen LogP contribution in [0.2, 0.25) is 0 Å². The average molecular weight is 533 g/mol. The fourth-order valence-electron chi connectivity index (χ4n) is 10.9. The van der Waals surface area contributed by atoms with Crippen LogP contribution in [0.3, 0.4) is 0 Å². The van der Waals surface area contributed by atoms with Gasteiger partial charge in [0.25, 0.3) is 0 Å². The van der Waals surface area contributed by atoms with Crippen LogP contribution in [0, 0.1) is 56.2 Å². The fourth-order valence-corrected chi connectivity index (χ4v) is 10.9. The molecule has 0 radical (unpaired) electrons. The summed E-state index contributed by atoms with van der Waals surface area (Å²) in [6.07, 6.45) is 10.1. The van der Waals surface area contributed by atoms with Crippen LogP contribution in [0.25, 0.3) is 0 Å². The Hall–Kier alpha value is -2.42. The Morgan fingerprint density at radius 2 is 1.67 bits per heavy atom. The minimum Gasteiger partial charge on any atom is -0.448 e. The second kappa shape index (κ2) is 7.86. The van der Waals surface area contributed by atoms with Gasteiger partial charge in [0.05, 0.1) is 12.1 Å². The molecule has 0 aromatic rings. The van der Waals surface area contributed by atoms with Crippen LogP contribution in [0.1, 0.15) is 93.4 Å². The van der Waals surface area contributed by atoms with Crippen molar-refractivity contribution in [1.82, 2.24) is 4.90 Å². The van der Waals surface area contributed by atoms with Crippen LogP contribution in [0.4, 0.5) is 4.79 Å². The molecule has 39 heavy (non-hydrogen) atoms. The number of allylic oxidation sites excluding steroid dienone is 4. The van der Waals surface area contributed by atoms with E-state index in [2.05, 4.69) is 40.7 Å². The lowest BCUT2D eigenvalue weighted by molar-refractivity contribution is -0.171. The summed E-state index contributed by atoms with van der Waals surface area (Å²) in [5.74, 6) is 0.0382. The maximum absolute atomic E-state index is 14.6. The maximum Gasteiger partial charge on any atom is 0.410 e. The highest BCUT2D eigenvalue weighted by Gasteiger charge is 2.71. The Morgan fingerprint density at radius 3 is 2.31 bits per heavy atom. The van der Waals surface area contributed by atoms with Crippen molar-refractivity contribution in [2.75, 3.05) is 13.2 Å². The Labute approximate surface area is 233 Å². The van der Waals surface area contributed by atoms with E-state index < -0.39 is 10.8 Å². The molecule has 1 aliphatic heterocycles. The number of fused-ring (bicyclic) bond motifs is 7. The molecule has 0 aromatic carbocycles. The van der Waals surface area contributed by atoms with Crippen LogP contribution in [0.15, 0.2) is 23.3 Å². The van der Waals surface area contributed by atoms with Gasteiger partial charge in [-0.1, -0.05) is 60.1 Å². The minimum absolute atomic E-state index is 0.0394. The lowest BCUT2D eigenvalue weighted by atomic mass is 9.35. The predicted molar refractivity (Wildman–Crippen MR) is 147 cm³/mol. The molecule has 210 valence electrons. The van der Waals surface area contributed by atoms with Gasteiger partial charge in [-0.25, -0.2) is 4.79 Å². The summed E-state index contributed by atoms with van der Waals surface area (Å²) in [7, 11) is 0. The molecule has 6 nitrogen and oxygen atoms in total. The van der Waals surface area contributed by atoms with E-state index in [1.54, 1.807) is 0 Å². The molecule has 1 amide bonds. The Bertz CT molecular complexity index is 1280. The number of rotatable bonds is 1. The smallest absolute Gasteiger partial charge is 0.410 e. The molecular formula is C33H44N2O4. The number of amides is 1. The van der Waals surface area contributed by atoms with Crippen molar-refractivity contribution in [3.05, 3.63) is 23.3 Å². The normalized spacial score (nSPS) is 46.1. The molecule has 0 bridgehead atoms. The highest BCUT2D eigenvalue weighted by Crippen LogP contribution is 2.73. The molecule has 0 aromatic heterocycles. The van der Waals surface area contributed by atoms with Crippen molar-refractivity contribution in [1.29, 1.82) is 5.26 Å². The zero-order valence-electron chi connectivity index (χ0n) is 24.8. The predicted octanol–water partition coefficient (Wildman–Crippen LogP) is 6.41. The van der Waals surface area contributed by atoms with Crippen molar-refractivity contribution >= 4 is 17.7 Å². The monoisotopic (exact) mass is 532 g/mol. The number of carbonyl (C=O) groups is 3. The molecule has 4 fully saturated rings. The number of hydrogen-bond acceptors (Lipinski definition) is 5. The minimum atomic E-state index is -0.664. The topological polar surface area (TPSA) is 87.5 Å². The van der Waals surface area contributed by atoms with E-state index in [9.17, 15) is 19.6 Å². The molecule has 5 aliphatic carbocycles. The van der Waals surface area contributed by atoms with Crippen molar-refractivity contribution in [3.63, 3.8) is 0 Å². The van der Waals surface area contributed by atoms with Gasteiger partial charge in [-0.3, -0.25) is 14.5 Å². The molecule has 0 unspecified atom stereocenters. The average Bonchev–Trinajstić information content (AvgIpc) is 3.29. The Morgan fingerprint density at radius 1 is 0.974 bits per heavy atom. The van der Waals surface area contributed by atoms with E-state index in [1.807, 2.05) is 30.9 Å². The number of carbonyl (C=O) groups excluding carboxylic acids is 3. The van der Waals surface area contributed by atoms with Gasteiger partial charge in [0, 0.05) is 22.3 Å².